The predicted octanol–water partition coefficient (Wildman–Crippen LogP) is 2.76. The first-order valence-electron chi connectivity index (χ1n) is 5.90. The predicted molar refractivity (Wildman–Crippen MR) is 73.2 cm³/mol. The number of hydrogen-bond donors (Lipinski definition) is 1. The molecule has 0 aliphatic carbocycles. The Bertz CT molecular complexity index is 368. The van der Waals surface area contributed by atoms with Crippen LogP contribution in [0.1, 0.15) is 18.9 Å². The second-order valence-electron chi connectivity index (χ2n) is 3.67. The van der Waals surface area contributed by atoms with E-state index in [4.69, 9.17) is 19.3 Å². The Morgan fingerprint density at radius 1 is 1.28 bits per heavy atom. The van der Waals surface area contributed by atoms with Crippen LogP contribution >= 0.6 is 15.9 Å². The van der Waals surface area contributed by atoms with Gasteiger partial charge in [-0.1, -0.05) is 0 Å². The minimum atomic E-state index is -0.0282. The fourth-order valence-electron chi connectivity index (χ4n) is 1.48. The van der Waals surface area contributed by atoms with E-state index >= 15 is 0 Å². The smallest absolute Gasteiger partial charge is 0.175 e. The lowest BCUT2D eigenvalue weighted by Gasteiger charge is -2.13. The van der Waals surface area contributed by atoms with Gasteiger partial charge in [0.15, 0.2) is 11.5 Å². The Hall–Kier alpha value is -0.780. The van der Waals surface area contributed by atoms with Crippen molar-refractivity contribution >= 4 is 15.9 Å². The van der Waals surface area contributed by atoms with Crippen molar-refractivity contribution in [3.63, 3.8) is 0 Å². The minimum absolute atomic E-state index is 0.0282. The molecule has 0 fully saturated rings. The fourth-order valence-corrected chi connectivity index (χ4v) is 2.09. The highest BCUT2D eigenvalue weighted by atomic mass is 79.9. The molecule has 0 saturated carbocycles. The summed E-state index contributed by atoms with van der Waals surface area (Å²) in [6.45, 7) is 3.91. The van der Waals surface area contributed by atoms with Gasteiger partial charge in [0.05, 0.1) is 24.8 Å². The zero-order chi connectivity index (χ0) is 13.4. The molecule has 0 atom stereocenters. The maximum atomic E-state index is 9.11. The van der Waals surface area contributed by atoms with Crippen LogP contribution in [0.3, 0.4) is 0 Å². The summed E-state index contributed by atoms with van der Waals surface area (Å²) in [6.07, 6.45) is 0.825. The van der Waals surface area contributed by atoms with Crippen LogP contribution in [0.2, 0.25) is 0 Å². The second-order valence-corrected chi connectivity index (χ2v) is 4.52. The summed E-state index contributed by atoms with van der Waals surface area (Å²) in [5, 5.41) is 9.11. The molecule has 0 bridgehead atoms. The van der Waals surface area contributed by atoms with Gasteiger partial charge in [0.25, 0.3) is 0 Å². The Labute approximate surface area is 116 Å². The van der Waals surface area contributed by atoms with Crippen LogP contribution in [-0.4, -0.2) is 32.0 Å². The highest BCUT2D eigenvalue weighted by Gasteiger charge is 2.11. The van der Waals surface area contributed by atoms with Gasteiger partial charge >= 0.3 is 0 Å². The molecule has 0 saturated heterocycles. The Balaban J connectivity index is 2.63. The Morgan fingerprint density at radius 3 is 2.67 bits per heavy atom. The zero-order valence-electron chi connectivity index (χ0n) is 10.7. The van der Waals surface area contributed by atoms with Crippen LogP contribution in [-0.2, 0) is 11.3 Å². The van der Waals surface area contributed by atoms with Crippen molar-refractivity contribution in [1.82, 2.24) is 0 Å². The number of rotatable bonds is 8. The summed E-state index contributed by atoms with van der Waals surface area (Å²) in [7, 11) is 1.58. The van der Waals surface area contributed by atoms with E-state index in [0.717, 1.165) is 23.1 Å². The summed E-state index contributed by atoms with van der Waals surface area (Å²) in [6, 6.07) is 3.59. The van der Waals surface area contributed by atoms with E-state index in [9.17, 15) is 0 Å². The minimum Gasteiger partial charge on any atom is -0.493 e. The number of ether oxygens (including phenoxy) is 3. The molecule has 0 radical (unpaired) electrons. The maximum absolute atomic E-state index is 9.11. The molecule has 0 aliphatic heterocycles. The monoisotopic (exact) mass is 318 g/mol. The van der Waals surface area contributed by atoms with Gasteiger partial charge in [0, 0.05) is 19.6 Å². The van der Waals surface area contributed by atoms with E-state index in [0.29, 0.717) is 24.7 Å². The molecule has 1 rings (SSSR count). The first kappa shape index (κ1) is 15.3. The third kappa shape index (κ3) is 4.48. The summed E-state index contributed by atoms with van der Waals surface area (Å²) in [4.78, 5) is 0. The van der Waals surface area contributed by atoms with Crippen molar-refractivity contribution in [2.24, 2.45) is 0 Å². The molecule has 0 unspecified atom stereocenters. The molecule has 4 nitrogen and oxygen atoms in total. The number of benzene rings is 1. The summed E-state index contributed by atoms with van der Waals surface area (Å²) >= 11 is 3.42. The molecule has 102 valence electrons. The zero-order valence-corrected chi connectivity index (χ0v) is 12.3. The van der Waals surface area contributed by atoms with E-state index in [1.165, 1.54) is 0 Å². The lowest BCUT2D eigenvalue weighted by atomic mass is 10.2. The van der Waals surface area contributed by atoms with Crippen LogP contribution in [0.25, 0.3) is 0 Å². The highest BCUT2D eigenvalue weighted by molar-refractivity contribution is 9.10. The average molecular weight is 319 g/mol. The van der Waals surface area contributed by atoms with Crippen molar-refractivity contribution in [2.45, 2.75) is 20.0 Å². The van der Waals surface area contributed by atoms with Crippen molar-refractivity contribution < 1.29 is 19.3 Å². The molecule has 0 spiro atoms. The van der Waals surface area contributed by atoms with Crippen LogP contribution in [0, 0.1) is 0 Å². The van der Waals surface area contributed by atoms with Gasteiger partial charge in [-0.15, -0.1) is 0 Å². The van der Waals surface area contributed by atoms with Crippen molar-refractivity contribution in [2.75, 3.05) is 26.9 Å². The van der Waals surface area contributed by atoms with Crippen LogP contribution < -0.4 is 9.47 Å². The van der Waals surface area contributed by atoms with Crippen LogP contribution in [0.4, 0.5) is 0 Å². The van der Waals surface area contributed by atoms with Crippen molar-refractivity contribution in [3.8, 4) is 11.5 Å². The standard InChI is InChI=1S/C13H19BrO4/c1-3-17-5-4-6-18-13-11(14)7-10(9-15)8-12(13)16-2/h7-8,15H,3-6,9H2,1-2H3. The molecule has 0 heterocycles. The number of halogens is 1. The molecule has 0 amide bonds. The number of aliphatic hydroxyl groups excluding tert-OH is 1. The highest BCUT2D eigenvalue weighted by Crippen LogP contribution is 2.36. The lowest BCUT2D eigenvalue weighted by Crippen LogP contribution is -2.04. The number of methoxy groups -OCH3 is 1. The van der Waals surface area contributed by atoms with E-state index in [2.05, 4.69) is 15.9 Å². The molecule has 1 aromatic rings. The average Bonchev–Trinajstić information content (AvgIpc) is 2.39. The quantitative estimate of drug-likeness (QED) is 0.749. The lowest BCUT2D eigenvalue weighted by molar-refractivity contribution is 0.130. The molecule has 0 aromatic heterocycles. The van der Waals surface area contributed by atoms with Gasteiger partial charge in [0.2, 0.25) is 0 Å². The van der Waals surface area contributed by atoms with Gasteiger partial charge in [-0.2, -0.15) is 0 Å². The molecule has 0 aliphatic rings. The third-order valence-electron chi connectivity index (χ3n) is 2.36. The summed E-state index contributed by atoms with van der Waals surface area (Å²) < 4.78 is 16.9. The van der Waals surface area contributed by atoms with E-state index < -0.39 is 0 Å². The Morgan fingerprint density at radius 2 is 2.06 bits per heavy atom. The van der Waals surface area contributed by atoms with Crippen molar-refractivity contribution in [1.29, 1.82) is 0 Å². The summed E-state index contributed by atoms with van der Waals surface area (Å²) in [5.41, 5.74) is 0.778. The molecule has 1 N–H and O–H groups in total. The molecule has 5 heteroatoms. The second kappa shape index (κ2) is 8.34. The van der Waals surface area contributed by atoms with Crippen LogP contribution in [0.5, 0.6) is 11.5 Å². The van der Waals surface area contributed by atoms with E-state index in [1.54, 1.807) is 13.2 Å². The topological polar surface area (TPSA) is 47.9 Å². The number of hydrogen-bond acceptors (Lipinski definition) is 4. The van der Waals surface area contributed by atoms with Gasteiger partial charge in [-0.05, 0) is 40.5 Å². The van der Waals surface area contributed by atoms with Crippen molar-refractivity contribution in [3.05, 3.63) is 22.2 Å². The molecular formula is C13H19BrO4. The largest absolute Gasteiger partial charge is 0.493 e. The molecular weight excluding hydrogens is 300 g/mol. The van der Waals surface area contributed by atoms with Gasteiger partial charge in [-0.25, -0.2) is 0 Å². The maximum Gasteiger partial charge on any atom is 0.175 e. The normalized spacial score (nSPS) is 10.4. The van der Waals surface area contributed by atoms with Gasteiger partial charge in [-0.3, -0.25) is 0 Å². The fraction of sp³-hybridized carbons (Fsp3) is 0.538. The number of aliphatic hydroxyl groups is 1. The van der Waals surface area contributed by atoms with E-state index in [1.807, 2.05) is 13.0 Å². The first-order chi connectivity index (χ1) is 8.72. The van der Waals surface area contributed by atoms with E-state index in [-0.39, 0.29) is 6.61 Å². The molecule has 1 aromatic carbocycles. The van der Waals surface area contributed by atoms with Crippen LogP contribution in [0.15, 0.2) is 16.6 Å². The SMILES string of the molecule is CCOCCCOc1c(Br)cc(CO)cc1OC. The third-order valence-corrected chi connectivity index (χ3v) is 2.94. The molecule has 18 heavy (non-hydrogen) atoms. The van der Waals surface area contributed by atoms with Gasteiger partial charge < -0.3 is 19.3 Å². The summed E-state index contributed by atoms with van der Waals surface area (Å²) in [5.74, 6) is 1.27. The van der Waals surface area contributed by atoms with Gasteiger partial charge in [0.1, 0.15) is 0 Å². The Kier molecular flexibility index (Phi) is 7.08. The first-order valence-corrected chi connectivity index (χ1v) is 6.70.